The number of nitrogens with two attached hydrogens (primary N) is 1. The molecule has 2 aromatic carbocycles. The van der Waals surface area contributed by atoms with Crippen LogP contribution in [0.3, 0.4) is 0 Å². The molecule has 3 rings (SSSR count). The second-order valence-corrected chi connectivity index (χ2v) is 8.57. The predicted octanol–water partition coefficient (Wildman–Crippen LogP) is 4.04. The molecule has 0 bridgehead atoms. The van der Waals surface area contributed by atoms with E-state index in [0.29, 0.717) is 22.4 Å². The third-order valence-corrected chi connectivity index (χ3v) is 5.72. The first kappa shape index (κ1) is 18.1. The van der Waals surface area contributed by atoms with Crippen molar-refractivity contribution < 1.29 is 8.42 Å². The summed E-state index contributed by atoms with van der Waals surface area (Å²) in [6.45, 7) is 0. The highest BCUT2D eigenvalue weighted by molar-refractivity contribution is 9.10. The molecular weight excluding hydrogens is 414 g/mol. The molecule has 1 heterocycles. The van der Waals surface area contributed by atoms with Crippen molar-refractivity contribution in [2.45, 2.75) is 4.90 Å². The minimum atomic E-state index is -3.27. The number of rotatable bonds is 3. The highest BCUT2D eigenvalue weighted by atomic mass is 79.9. The monoisotopic (exact) mass is 427 g/mol. The van der Waals surface area contributed by atoms with Gasteiger partial charge in [-0.25, -0.2) is 13.4 Å². The number of aromatic nitrogens is 1. The van der Waals surface area contributed by atoms with Crippen LogP contribution in [0.4, 0.5) is 5.82 Å². The summed E-state index contributed by atoms with van der Waals surface area (Å²) in [5, 5.41) is 9.49. The molecule has 130 valence electrons. The molecule has 0 amide bonds. The van der Waals surface area contributed by atoms with Crippen molar-refractivity contribution in [1.82, 2.24) is 4.98 Å². The SMILES string of the molecule is CS(=O)(=O)c1ccc(-c2cc(-c3ccccc3Br)c(C#N)c(N)n2)cc1. The van der Waals surface area contributed by atoms with Crippen LogP contribution in [0.2, 0.25) is 0 Å². The third-order valence-electron chi connectivity index (χ3n) is 3.90. The molecule has 0 fully saturated rings. The summed E-state index contributed by atoms with van der Waals surface area (Å²) in [6.07, 6.45) is 1.16. The molecule has 2 N–H and O–H groups in total. The van der Waals surface area contributed by atoms with Gasteiger partial charge in [-0.15, -0.1) is 0 Å². The summed E-state index contributed by atoms with van der Waals surface area (Å²) in [7, 11) is -3.27. The Morgan fingerprint density at radius 2 is 1.73 bits per heavy atom. The lowest BCUT2D eigenvalue weighted by molar-refractivity contribution is 0.602. The van der Waals surface area contributed by atoms with Gasteiger partial charge in [0.1, 0.15) is 17.5 Å². The molecule has 7 heteroatoms. The van der Waals surface area contributed by atoms with Crippen LogP contribution in [0.25, 0.3) is 22.4 Å². The number of nitriles is 1. The van der Waals surface area contributed by atoms with Gasteiger partial charge in [-0.2, -0.15) is 5.26 Å². The fraction of sp³-hybridized carbons (Fsp3) is 0.0526. The first-order valence-electron chi connectivity index (χ1n) is 7.57. The van der Waals surface area contributed by atoms with Crippen molar-refractivity contribution in [3.8, 4) is 28.5 Å². The van der Waals surface area contributed by atoms with Gasteiger partial charge in [0, 0.05) is 21.9 Å². The molecule has 0 aliphatic rings. The van der Waals surface area contributed by atoms with E-state index in [1.54, 1.807) is 18.2 Å². The molecule has 0 atom stereocenters. The van der Waals surface area contributed by atoms with Crippen LogP contribution >= 0.6 is 15.9 Å². The van der Waals surface area contributed by atoms with Gasteiger partial charge in [-0.3, -0.25) is 0 Å². The van der Waals surface area contributed by atoms with E-state index < -0.39 is 9.84 Å². The number of hydrogen-bond acceptors (Lipinski definition) is 5. The minimum Gasteiger partial charge on any atom is -0.383 e. The van der Waals surface area contributed by atoms with Crippen LogP contribution in [0.1, 0.15) is 5.56 Å². The summed E-state index contributed by atoms with van der Waals surface area (Å²) in [4.78, 5) is 4.54. The number of hydrogen-bond donors (Lipinski definition) is 1. The second-order valence-electron chi connectivity index (χ2n) is 5.70. The number of benzene rings is 2. The normalized spacial score (nSPS) is 11.1. The maximum absolute atomic E-state index is 11.6. The Hall–Kier alpha value is -2.69. The van der Waals surface area contributed by atoms with Crippen LogP contribution in [0.15, 0.2) is 64.0 Å². The molecule has 0 aliphatic carbocycles. The van der Waals surface area contributed by atoms with Gasteiger partial charge >= 0.3 is 0 Å². The zero-order valence-electron chi connectivity index (χ0n) is 13.8. The maximum atomic E-state index is 11.6. The Labute approximate surface area is 160 Å². The predicted molar refractivity (Wildman–Crippen MR) is 105 cm³/mol. The number of halogens is 1. The smallest absolute Gasteiger partial charge is 0.175 e. The highest BCUT2D eigenvalue weighted by Gasteiger charge is 2.15. The highest BCUT2D eigenvalue weighted by Crippen LogP contribution is 2.35. The van der Waals surface area contributed by atoms with Gasteiger partial charge in [-0.05, 0) is 29.8 Å². The van der Waals surface area contributed by atoms with Gasteiger partial charge in [0.25, 0.3) is 0 Å². The number of nitrogen functional groups attached to an aromatic ring is 1. The van der Waals surface area contributed by atoms with Crippen molar-refractivity contribution >= 4 is 31.6 Å². The number of anilines is 1. The standard InChI is InChI=1S/C19H14BrN3O2S/c1-26(24,25)13-8-6-12(7-9-13)18-10-15(16(11-21)19(22)23-18)14-4-2-3-5-17(14)20/h2-10H,1H3,(H2,22,23). The first-order chi connectivity index (χ1) is 12.3. The maximum Gasteiger partial charge on any atom is 0.175 e. The lowest BCUT2D eigenvalue weighted by Gasteiger charge is -2.12. The van der Waals surface area contributed by atoms with Gasteiger partial charge in [0.15, 0.2) is 9.84 Å². The van der Waals surface area contributed by atoms with Crippen LogP contribution < -0.4 is 5.73 Å². The van der Waals surface area contributed by atoms with E-state index in [0.717, 1.165) is 16.3 Å². The molecule has 0 aliphatic heterocycles. The van der Waals surface area contributed by atoms with E-state index in [1.807, 2.05) is 24.3 Å². The lowest BCUT2D eigenvalue weighted by atomic mass is 9.98. The Bertz CT molecular complexity index is 1130. The average molecular weight is 428 g/mol. The Morgan fingerprint density at radius 3 is 2.31 bits per heavy atom. The molecule has 26 heavy (non-hydrogen) atoms. The lowest BCUT2D eigenvalue weighted by Crippen LogP contribution is -2.00. The molecule has 0 spiro atoms. The zero-order valence-corrected chi connectivity index (χ0v) is 16.2. The van der Waals surface area contributed by atoms with Crippen molar-refractivity contribution in [3.05, 3.63) is 64.6 Å². The molecule has 0 saturated heterocycles. The number of sulfone groups is 1. The third kappa shape index (κ3) is 3.47. The van der Waals surface area contributed by atoms with Crippen molar-refractivity contribution in [1.29, 1.82) is 5.26 Å². The molecular formula is C19H14BrN3O2S. The molecule has 5 nitrogen and oxygen atoms in total. The first-order valence-corrected chi connectivity index (χ1v) is 10.3. The number of pyridine rings is 1. The fourth-order valence-electron chi connectivity index (χ4n) is 2.60. The quantitative estimate of drug-likeness (QED) is 0.679. The number of nitrogens with zero attached hydrogens (tertiary/aromatic N) is 2. The summed E-state index contributed by atoms with van der Waals surface area (Å²) in [5.74, 6) is 0.128. The topological polar surface area (TPSA) is 96.8 Å². The van der Waals surface area contributed by atoms with E-state index >= 15 is 0 Å². The van der Waals surface area contributed by atoms with Gasteiger partial charge in [0.05, 0.1) is 10.6 Å². The van der Waals surface area contributed by atoms with Crippen LogP contribution in [-0.2, 0) is 9.84 Å². The second kappa shape index (κ2) is 6.90. The summed E-state index contributed by atoms with van der Waals surface area (Å²) in [6, 6.07) is 17.8. The molecule has 3 aromatic rings. The van der Waals surface area contributed by atoms with Crippen molar-refractivity contribution in [2.75, 3.05) is 12.0 Å². The van der Waals surface area contributed by atoms with E-state index in [9.17, 15) is 13.7 Å². The van der Waals surface area contributed by atoms with E-state index in [2.05, 4.69) is 27.0 Å². The van der Waals surface area contributed by atoms with E-state index in [4.69, 9.17) is 5.73 Å². The van der Waals surface area contributed by atoms with Crippen LogP contribution in [-0.4, -0.2) is 19.7 Å². The van der Waals surface area contributed by atoms with Crippen LogP contribution in [0.5, 0.6) is 0 Å². The molecule has 0 unspecified atom stereocenters. The van der Waals surface area contributed by atoms with Gasteiger partial charge in [0.2, 0.25) is 0 Å². The summed E-state index contributed by atoms with van der Waals surface area (Å²) >= 11 is 3.50. The van der Waals surface area contributed by atoms with Crippen LogP contribution in [0, 0.1) is 11.3 Å². The average Bonchev–Trinajstić information content (AvgIpc) is 2.61. The Balaban J connectivity index is 2.19. The van der Waals surface area contributed by atoms with Crippen molar-refractivity contribution in [2.24, 2.45) is 0 Å². The van der Waals surface area contributed by atoms with Crippen molar-refractivity contribution in [3.63, 3.8) is 0 Å². The Kier molecular flexibility index (Phi) is 4.81. The zero-order chi connectivity index (χ0) is 18.9. The summed E-state index contributed by atoms with van der Waals surface area (Å²) < 4.78 is 24.1. The van der Waals surface area contributed by atoms with Gasteiger partial charge < -0.3 is 5.73 Å². The van der Waals surface area contributed by atoms with Gasteiger partial charge in [-0.1, -0.05) is 46.3 Å². The largest absolute Gasteiger partial charge is 0.383 e. The molecule has 0 radical (unpaired) electrons. The minimum absolute atomic E-state index is 0.128. The van der Waals surface area contributed by atoms with E-state index in [-0.39, 0.29) is 10.7 Å². The van der Waals surface area contributed by atoms with E-state index in [1.165, 1.54) is 12.1 Å². The summed E-state index contributed by atoms with van der Waals surface area (Å²) in [5.41, 5.74) is 9.07. The Morgan fingerprint density at radius 1 is 1.08 bits per heavy atom. The molecule has 1 aromatic heterocycles. The molecule has 0 saturated carbocycles. The fourth-order valence-corrected chi connectivity index (χ4v) is 3.72.